The first kappa shape index (κ1) is 20.1. The van der Waals surface area contributed by atoms with E-state index in [9.17, 15) is 14.4 Å². The first-order valence-electron chi connectivity index (χ1n) is 8.28. The number of hydrogen-bond acceptors (Lipinski definition) is 6. The van der Waals surface area contributed by atoms with E-state index in [1.807, 2.05) is 0 Å². The Balaban J connectivity index is 2.05. The van der Waals surface area contributed by atoms with Crippen molar-refractivity contribution >= 4 is 23.5 Å². The minimum absolute atomic E-state index is 0.142. The summed E-state index contributed by atoms with van der Waals surface area (Å²) in [6.07, 6.45) is 2.07. The van der Waals surface area contributed by atoms with Gasteiger partial charge in [-0.25, -0.2) is 4.79 Å². The molecule has 8 nitrogen and oxygen atoms in total. The van der Waals surface area contributed by atoms with Gasteiger partial charge < -0.3 is 20.1 Å². The monoisotopic (exact) mass is 371 g/mol. The number of nitrogens with zero attached hydrogens (tertiary/aromatic N) is 1. The molecular formula is C19H21N3O5. The maximum atomic E-state index is 12.4. The second-order valence-corrected chi connectivity index (χ2v) is 5.56. The predicted octanol–water partition coefficient (Wildman–Crippen LogP) is 1.89. The van der Waals surface area contributed by atoms with Crippen LogP contribution in [-0.4, -0.2) is 50.1 Å². The quantitative estimate of drug-likeness (QED) is 0.542. The van der Waals surface area contributed by atoms with Gasteiger partial charge in [-0.1, -0.05) is 6.07 Å². The van der Waals surface area contributed by atoms with Crippen LogP contribution in [0.1, 0.15) is 37.6 Å². The smallest absolute Gasteiger partial charge is 0.337 e. The number of esters is 1. The normalized spacial score (nSPS) is 10.1. The molecule has 8 heteroatoms. The van der Waals surface area contributed by atoms with Crippen molar-refractivity contribution < 1.29 is 23.9 Å². The van der Waals surface area contributed by atoms with E-state index in [-0.39, 0.29) is 17.2 Å². The molecule has 1 aromatic heterocycles. The van der Waals surface area contributed by atoms with Crippen LogP contribution in [0.25, 0.3) is 0 Å². The van der Waals surface area contributed by atoms with Crippen molar-refractivity contribution in [3.05, 3.63) is 59.4 Å². The number of pyridine rings is 1. The summed E-state index contributed by atoms with van der Waals surface area (Å²) in [5.74, 6) is -1.29. The van der Waals surface area contributed by atoms with Gasteiger partial charge in [-0.05, 0) is 36.8 Å². The summed E-state index contributed by atoms with van der Waals surface area (Å²) >= 11 is 0. The fourth-order valence-electron chi connectivity index (χ4n) is 2.25. The van der Waals surface area contributed by atoms with Crippen molar-refractivity contribution in [1.82, 2.24) is 10.3 Å². The SMILES string of the molecule is COCCCNC(=O)c1cc(C(=O)Nc2cccc(C(=O)OC)c2)ccn1. The first-order valence-corrected chi connectivity index (χ1v) is 8.28. The molecule has 0 aliphatic carbocycles. The van der Waals surface area contributed by atoms with Gasteiger partial charge in [0.05, 0.1) is 12.7 Å². The van der Waals surface area contributed by atoms with Crippen LogP contribution in [0.2, 0.25) is 0 Å². The number of methoxy groups -OCH3 is 2. The summed E-state index contributed by atoms with van der Waals surface area (Å²) < 4.78 is 9.58. The Morgan fingerprint density at radius 2 is 1.85 bits per heavy atom. The van der Waals surface area contributed by atoms with Gasteiger partial charge in [-0.15, -0.1) is 0 Å². The number of amides is 2. The van der Waals surface area contributed by atoms with Gasteiger partial charge in [0.25, 0.3) is 11.8 Å². The maximum Gasteiger partial charge on any atom is 0.337 e. The van der Waals surface area contributed by atoms with Gasteiger partial charge in [0.15, 0.2) is 0 Å². The molecule has 0 bridgehead atoms. The summed E-state index contributed by atoms with van der Waals surface area (Å²) in [7, 11) is 2.87. The average Bonchev–Trinajstić information content (AvgIpc) is 2.70. The average molecular weight is 371 g/mol. The van der Waals surface area contributed by atoms with Gasteiger partial charge in [0, 0.05) is 37.7 Å². The molecule has 2 aromatic rings. The van der Waals surface area contributed by atoms with Crippen LogP contribution < -0.4 is 10.6 Å². The zero-order valence-corrected chi connectivity index (χ0v) is 15.2. The highest BCUT2D eigenvalue weighted by atomic mass is 16.5. The molecule has 0 radical (unpaired) electrons. The number of aromatic nitrogens is 1. The first-order chi connectivity index (χ1) is 13.0. The van der Waals surface area contributed by atoms with Crippen LogP contribution in [0.5, 0.6) is 0 Å². The molecule has 0 saturated heterocycles. The highest BCUT2D eigenvalue weighted by Crippen LogP contribution is 2.13. The number of hydrogen-bond donors (Lipinski definition) is 2. The number of benzene rings is 1. The zero-order valence-electron chi connectivity index (χ0n) is 15.2. The third-order valence-corrected chi connectivity index (χ3v) is 3.61. The molecular weight excluding hydrogens is 350 g/mol. The van der Waals surface area contributed by atoms with Crippen LogP contribution >= 0.6 is 0 Å². The van der Waals surface area contributed by atoms with Crippen molar-refractivity contribution in [1.29, 1.82) is 0 Å². The van der Waals surface area contributed by atoms with E-state index in [2.05, 4.69) is 20.4 Å². The second kappa shape index (κ2) is 10.0. The standard InChI is InChI=1S/C19H21N3O5/c1-26-10-4-8-21-18(24)16-12-13(7-9-20-16)17(23)22-15-6-3-5-14(11-15)19(25)27-2/h3,5-7,9,11-12H,4,8,10H2,1-2H3,(H,21,24)(H,22,23). The zero-order chi connectivity index (χ0) is 19.6. The molecule has 0 atom stereocenters. The van der Waals surface area contributed by atoms with E-state index < -0.39 is 11.9 Å². The van der Waals surface area contributed by atoms with Gasteiger partial charge >= 0.3 is 5.97 Å². The van der Waals surface area contributed by atoms with Crippen LogP contribution in [0.15, 0.2) is 42.6 Å². The van der Waals surface area contributed by atoms with Crippen LogP contribution in [0.4, 0.5) is 5.69 Å². The van der Waals surface area contributed by atoms with Crippen LogP contribution in [0.3, 0.4) is 0 Å². The summed E-state index contributed by atoms with van der Waals surface area (Å²) in [5, 5.41) is 5.39. The third-order valence-electron chi connectivity index (χ3n) is 3.61. The Hall–Kier alpha value is -3.26. The molecule has 0 aliphatic rings. The summed E-state index contributed by atoms with van der Waals surface area (Å²) in [5.41, 5.74) is 1.17. The number of ether oxygens (including phenoxy) is 2. The number of carbonyl (C=O) groups is 3. The van der Waals surface area contributed by atoms with Crippen molar-refractivity contribution in [3.63, 3.8) is 0 Å². The summed E-state index contributed by atoms with van der Waals surface area (Å²) in [6.45, 7) is 0.992. The molecule has 2 N–H and O–H groups in total. The Labute approximate surface area is 156 Å². The van der Waals surface area contributed by atoms with Crippen molar-refractivity contribution in [2.75, 3.05) is 32.7 Å². The molecule has 0 aliphatic heterocycles. The number of rotatable bonds is 8. The Morgan fingerprint density at radius 1 is 1.04 bits per heavy atom. The van der Waals surface area contributed by atoms with E-state index in [1.165, 1.54) is 31.5 Å². The fourth-order valence-corrected chi connectivity index (χ4v) is 2.25. The molecule has 0 unspecified atom stereocenters. The topological polar surface area (TPSA) is 107 Å². The number of anilines is 1. The Morgan fingerprint density at radius 3 is 2.59 bits per heavy atom. The van der Waals surface area contributed by atoms with Gasteiger partial charge in [0.1, 0.15) is 5.69 Å². The maximum absolute atomic E-state index is 12.4. The van der Waals surface area contributed by atoms with E-state index in [0.29, 0.717) is 30.8 Å². The fraction of sp³-hybridized carbons (Fsp3) is 0.263. The van der Waals surface area contributed by atoms with Crippen LogP contribution in [-0.2, 0) is 9.47 Å². The number of nitrogens with one attached hydrogen (secondary N) is 2. The lowest BCUT2D eigenvalue weighted by atomic mass is 10.1. The highest BCUT2D eigenvalue weighted by molar-refractivity contribution is 6.06. The molecule has 0 spiro atoms. The third kappa shape index (κ3) is 5.89. The van der Waals surface area contributed by atoms with Crippen LogP contribution in [0, 0.1) is 0 Å². The lowest BCUT2D eigenvalue weighted by Crippen LogP contribution is -2.26. The molecule has 2 rings (SSSR count). The highest BCUT2D eigenvalue weighted by Gasteiger charge is 2.13. The minimum Gasteiger partial charge on any atom is -0.465 e. The van der Waals surface area contributed by atoms with Crippen molar-refractivity contribution in [2.45, 2.75) is 6.42 Å². The molecule has 0 fully saturated rings. The molecule has 0 saturated carbocycles. The summed E-state index contributed by atoms with van der Waals surface area (Å²) in [4.78, 5) is 40.1. The summed E-state index contributed by atoms with van der Waals surface area (Å²) in [6, 6.07) is 9.28. The van der Waals surface area contributed by atoms with E-state index in [4.69, 9.17) is 4.74 Å². The lowest BCUT2D eigenvalue weighted by molar-refractivity contribution is 0.0600. The molecule has 2 amide bonds. The predicted molar refractivity (Wildman–Crippen MR) is 98.8 cm³/mol. The van der Waals surface area contributed by atoms with E-state index in [0.717, 1.165) is 0 Å². The number of carbonyl (C=O) groups excluding carboxylic acids is 3. The Kier molecular flexibility index (Phi) is 7.45. The Bertz CT molecular complexity index is 822. The molecule has 1 heterocycles. The van der Waals surface area contributed by atoms with Gasteiger partial charge in [-0.2, -0.15) is 0 Å². The molecule has 27 heavy (non-hydrogen) atoms. The van der Waals surface area contributed by atoms with E-state index in [1.54, 1.807) is 25.3 Å². The minimum atomic E-state index is -0.498. The largest absolute Gasteiger partial charge is 0.465 e. The lowest BCUT2D eigenvalue weighted by Gasteiger charge is -2.08. The van der Waals surface area contributed by atoms with Crippen molar-refractivity contribution in [2.24, 2.45) is 0 Å². The van der Waals surface area contributed by atoms with E-state index >= 15 is 0 Å². The van der Waals surface area contributed by atoms with Crippen molar-refractivity contribution in [3.8, 4) is 0 Å². The molecule has 1 aromatic carbocycles. The van der Waals surface area contributed by atoms with Gasteiger partial charge in [-0.3, -0.25) is 14.6 Å². The van der Waals surface area contributed by atoms with Gasteiger partial charge in [0.2, 0.25) is 0 Å². The molecule has 142 valence electrons. The second-order valence-electron chi connectivity index (χ2n) is 5.56.